The molecule has 4 nitrogen and oxygen atoms in total. The molecule has 3 aromatic carbocycles. The molecule has 0 saturated heterocycles. The molecule has 0 aliphatic heterocycles. The van der Waals surface area contributed by atoms with Gasteiger partial charge < -0.3 is 0 Å². The van der Waals surface area contributed by atoms with Crippen molar-refractivity contribution >= 4 is 15.9 Å². The number of para-hydroxylation sites is 1. The quantitative estimate of drug-likeness (QED) is 0.288. The number of halogens is 5. The van der Waals surface area contributed by atoms with Gasteiger partial charge in [0.1, 0.15) is 11.6 Å². The second-order valence-corrected chi connectivity index (χ2v) is 8.34. The Hall–Kier alpha value is -3.20. The molecule has 9 heteroatoms. The summed E-state index contributed by atoms with van der Waals surface area (Å²) in [5.41, 5.74) is -0.183. The third-order valence-corrected chi connectivity index (χ3v) is 5.69. The topological polar surface area (TPSA) is 39.8 Å². The first-order chi connectivity index (χ1) is 15.7. The van der Waals surface area contributed by atoms with Crippen LogP contribution in [0.1, 0.15) is 23.4 Å². The maximum Gasteiger partial charge on any atom is 0.416 e. The van der Waals surface area contributed by atoms with Gasteiger partial charge in [-0.15, -0.1) is 5.10 Å². The zero-order valence-electron chi connectivity index (χ0n) is 17.2. The van der Waals surface area contributed by atoms with Gasteiger partial charge >= 0.3 is 11.9 Å². The lowest BCUT2D eigenvalue weighted by molar-refractivity contribution is -0.137. The first-order valence-corrected chi connectivity index (χ1v) is 10.9. The summed E-state index contributed by atoms with van der Waals surface area (Å²) in [7, 11) is 0. The number of hydrogen-bond acceptors (Lipinski definition) is 2. The predicted octanol–water partition coefficient (Wildman–Crippen LogP) is 6.12. The van der Waals surface area contributed by atoms with E-state index in [1.807, 2.05) is 24.3 Å². The van der Waals surface area contributed by atoms with E-state index in [4.69, 9.17) is 0 Å². The van der Waals surface area contributed by atoms with Gasteiger partial charge in [-0.1, -0.05) is 40.2 Å². The van der Waals surface area contributed by atoms with Gasteiger partial charge in [0.05, 0.1) is 16.9 Å². The molecule has 4 aromatic rings. The Morgan fingerprint density at radius 2 is 1.55 bits per heavy atom. The molecular weight excluding hydrogens is 502 g/mol. The SMILES string of the molecule is O=c1n(-c2ccc(C(F)(F)F)cc2)nc(CCCc2ccc(Br)cc2)n1-c1ccccc1F. The molecule has 0 N–H and O–H groups in total. The van der Waals surface area contributed by atoms with E-state index in [-0.39, 0.29) is 11.4 Å². The highest BCUT2D eigenvalue weighted by Gasteiger charge is 2.30. The molecule has 170 valence electrons. The van der Waals surface area contributed by atoms with Crippen LogP contribution in [0.4, 0.5) is 17.6 Å². The molecular formula is C24H18BrF4N3O. The van der Waals surface area contributed by atoms with Gasteiger partial charge in [0.2, 0.25) is 0 Å². The summed E-state index contributed by atoms with van der Waals surface area (Å²) < 4.78 is 56.4. The third kappa shape index (κ3) is 5.08. The lowest BCUT2D eigenvalue weighted by Crippen LogP contribution is -2.24. The summed E-state index contributed by atoms with van der Waals surface area (Å²) in [4.78, 5) is 13.2. The Morgan fingerprint density at radius 3 is 2.18 bits per heavy atom. The molecule has 0 fully saturated rings. The van der Waals surface area contributed by atoms with Crippen LogP contribution in [-0.4, -0.2) is 14.3 Å². The fourth-order valence-corrected chi connectivity index (χ4v) is 3.77. The Labute approximate surface area is 195 Å². The van der Waals surface area contributed by atoms with E-state index >= 15 is 0 Å². The minimum Gasteiger partial charge on any atom is -0.245 e. The minimum absolute atomic E-state index is 0.0410. The molecule has 1 aromatic heterocycles. The van der Waals surface area contributed by atoms with Crippen LogP contribution in [0.2, 0.25) is 0 Å². The second-order valence-electron chi connectivity index (χ2n) is 7.42. The number of aromatic nitrogens is 3. The normalized spacial score (nSPS) is 11.7. The molecule has 0 aliphatic rings. The summed E-state index contributed by atoms with van der Waals surface area (Å²) in [5.74, 6) is -0.275. The van der Waals surface area contributed by atoms with E-state index in [2.05, 4.69) is 21.0 Å². The van der Waals surface area contributed by atoms with Gasteiger partial charge in [-0.05, 0) is 66.9 Å². The maximum absolute atomic E-state index is 14.5. The number of hydrogen-bond donors (Lipinski definition) is 0. The van der Waals surface area contributed by atoms with Crippen LogP contribution in [0.5, 0.6) is 0 Å². The van der Waals surface area contributed by atoms with Crippen molar-refractivity contribution in [3.05, 3.63) is 111 Å². The Balaban J connectivity index is 1.69. The smallest absolute Gasteiger partial charge is 0.245 e. The number of nitrogens with zero attached hydrogens (tertiary/aromatic N) is 3. The fourth-order valence-electron chi connectivity index (χ4n) is 3.51. The second kappa shape index (κ2) is 9.35. The Morgan fingerprint density at radius 1 is 0.879 bits per heavy atom. The molecule has 1 heterocycles. The van der Waals surface area contributed by atoms with Crippen LogP contribution in [0, 0.1) is 5.82 Å². The van der Waals surface area contributed by atoms with Crippen LogP contribution >= 0.6 is 15.9 Å². The molecule has 0 unspecified atom stereocenters. The zero-order valence-corrected chi connectivity index (χ0v) is 18.8. The molecule has 0 saturated carbocycles. The van der Waals surface area contributed by atoms with E-state index in [0.29, 0.717) is 25.1 Å². The number of alkyl halides is 3. The molecule has 0 spiro atoms. The average molecular weight is 520 g/mol. The standard InChI is InChI=1S/C24H18BrF4N3O/c25-18-12-8-16(9-13-18)4-3-7-22-30-32(19-14-10-17(11-15-19)24(27,28)29)23(33)31(22)21-6-2-1-5-20(21)26/h1-2,5-6,8-15H,3-4,7H2. The summed E-state index contributed by atoms with van der Waals surface area (Å²) in [5, 5.41) is 4.35. The van der Waals surface area contributed by atoms with Crippen LogP contribution in [0.3, 0.4) is 0 Å². The molecule has 0 amide bonds. The Bertz CT molecular complexity index is 1310. The molecule has 4 rings (SSSR count). The summed E-state index contributed by atoms with van der Waals surface area (Å²) in [6.45, 7) is 0. The monoisotopic (exact) mass is 519 g/mol. The Kier molecular flexibility index (Phi) is 6.51. The molecule has 0 aliphatic carbocycles. The molecule has 0 bridgehead atoms. The lowest BCUT2D eigenvalue weighted by Gasteiger charge is -2.07. The number of rotatable bonds is 6. The summed E-state index contributed by atoms with van der Waals surface area (Å²) >= 11 is 3.39. The van der Waals surface area contributed by atoms with Gasteiger partial charge in [0.25, 0.3) is 0 Å². The minimum atomic E-state index is -4.49. The van der Waals surface area contributed by atoms with Crippen molar-refractivity contribution in [2.75, 3.05) is 0 Å². The van der Waals surface area contributed by atoms with Crippen molar-refractivity contribution in [3.8, 4) is 11.4 Å². The third-order valence-electron chi connectivity index (χ3n) is 5.16. The lowest BCUT2D eigenvalue weighted by atomic mass is 10.1. The van der Waals surface area contributed by atoms with Gasteiger partial charge in [0, 0.05) is 10.9 Å². The van der Waals surface area contributed by atoms with Crippen molar-refractivity contribution in [3.63, 3.8) is 0 Å². The van der Waals surface area contributed by atoms with Crippen molar-refractivity contribution in [1.29, 1.82) is 0 Å². The van der Waals surface area contributed by atoms with E-state index in [0.717, 1.165) is 26.9 Å². The van der Waals surface area contributed by atoms with Gasteiger partial charge in [0.15, 0.2) is 0 Å². The molecule has 0 radical (unpaired) electrons. The van der Waals surface area contributed by atoms with E-state index in [1.165, 1.54) is 34.9 Å². The summed E-state index contributed by atoms with van der Waals surface area (Å²) in [6.07, 6.45) is -2.77. The van der Waals surface area contributed by atoms with Crippen LogP contribution in [0.25, 0.3) is 11.4 Å². The largest absolute Gasteiger partial charge is 0.416 e. The highest BCUT2D eigenvalue weighted by molar-refractivity contribution is 9.10. The van der Waals surface area contributed by atoms with E-state index in [9.17, 15) is 22.4 Å². The maximum atomic E-state index is 14.5. The van der Waals surface area contributed by atoms with Crippen LogP contribution in [-0.2, 0) is 19.0 Å². The van der Waals surface area contributed by atoms with Gasteiger partial charge in [-0.3, -0.25) is 0 Å². The van der Waals surface area contributed by atoms with Crippen molar-refractivity contribution < 1.29 is 17.6 Å². The van der Waals surface area contributed by atoms with E-state index in [1.54, 1.807) is 6.07 Å². The first kappa shape index (κ1) is 23.0. The van der Waals surface area contributed by atoms with Gasteiger partial charge in [-0.2, -0.15) is 17.9 Å². The highest BCUT2D eigenvalue weighted by Crippen LogP contribution is 2.29. The fraction of sp³-hybridized carbons (Fsp3) is 0.167. The van der Waals surface area contributed by atoms with Crippen molar-refractivity contribution in [2.24, 2.45) is 0 Å². The average Bonchev–Trinajstić information content (AvgIpc) is 3.11. The van der Waals surface area contributed by atoms with Crippen LogP contribution in [0.15, 0.2) is 82.1 Å². The predicted molar refractivity (Wildman–Crippen MR) is 120 cm³/mol. The highest BCUT2D eigenvalue weighted by atomic mass is 79.9. The molecule has 0 atom stereocenters. The van der Waals surface area contributed by atoms with Crippen molar-refractivity contribution in [2.45, 2.75) is 25.4 Å². The molecule has 33 heavy (non-hydrogen) atoms. The van der Waals surface area contributed by atoms with Gasteiger partial charge in [-0.25, -0.2) is 13.8 Å². The zero-order chi connectivity index (χ0) is 23.6. The summed E-state index contributed by atoms with van der Waals surface area (Å²) in [6, 6.07) is 17.8. The number of benzene rings is 3. The number of aryl methyl sites for hydroxylation is 2. The van der Waals surface area contributed by atoms with Crippen LogP contribution < -0.4 is 5.69 Å². The van der Waals surface area contributed by atoms with Crippen molar-refractivity contribution in [1.82, 2.24) is 14.3 Å². The first-order valence-electron chi connectivity index (χ1n) is 10.1. The van der Waals surface area contributed by atoms with E-state index < -0.39 is 23.2 Å².